The highest BCUT2D eigenvalue weighted by Crippen LogP contribution is 2.26. The van der Waals surface area contributed by atoms with Crippen molar-refractivity contribution in [2.24, 2.45) is 0 Å². The summed E-state index contributed by atoms with van der Waals surface area (Å²) in [5.41, 5.74) is 13.0. The Morgan fingerprint density at radius 2 is 2.00 bits per heavy atom. The van der Waals surface area contributed by atoms with E-state index in [2.05, 4.69) is 19.9 Å². The average molecular weight is 244 g/mol. The predicted molar refractivity (Wildman–Crippen MR) is 65.9 cm³/mol. The van der Waals surface area contributed by atoms with Gasteiger partial charge in [-0.15, -0.1) is 0 Å². The molecule has 0 radical (unpaired) electrons. The molecule has 18 heavy (non-hydrogen) atoms. The van der Waals surface area contributed by atoms with Crippen LogP contribution in [0.2, 0.25) is 0 Å². The number of hydrogen-bond acceptors (Lipinski definition) is 5. The van der Waals surface area contributed by atoms with E-state index in [1.807, 2.05) is 0 Å². The molecule has 0 amide bonds. The van der Waals surface area contributed by atoms with Gasteiger partial charge in [0.15, 0.2) is 17.5 Å². The van der Waals surface area contributed by atoms with Crippen molar-refractivity contribution < 1.29 is 4.39 Å². The Bertz CT molecular complexity index is 735. The van der Waals surface area contributed by atoms with Gasteiger partial charge in [0.2, 0.25) is 0 Å². The number of fused-ring (bicyclic) bond motifs is 1. The van der Waals surface area contributed by atoms with Gasteiger partial charge in [0.1, 0.15) is 5.65 Å². The Kier molecular flexibility index (Phi) is 2.12. The lowest BCUT2D eigenvalue weighted by molar-refractivity contribution is 0.620. The molecule has 0 aliphatic carbocycles. The van der Waals surface area contributed by atoms with Crippen molar-refractivity contribution in [3.63, 3.8) is 0 Å². The number of aromatic amines is 1. The molecule has 5 N–H and O–H groups in total. The standard InChI is InChI=1S/C11H9FN6/c12-8-4-17-11(18-9(8)14)7-3-16-10-6(7)1-5(13)2-15-10/h1-4H,13H2,(H,15,16)(H2,14,17,18). The molecule has 3 aromatic rings. The molecule has 0 bridgehead atoms. The molecule has 7 heteroatoms. The van der Waals surface area contributed by atoms with Crippen LogP contribution in [0.1, 0.15) is 0 Å². The lowest BCUT2D eigenvalue weighted by Crippen LogP contribution is -1.98. The van der Waals surface area contributed by atoms with Crippen molar-refractivity contribution in [2.75, 3.05) is 11.5 Å². The minimum absolute atomic E-state index is 0.189. The smallest absolute Gasteiger partial charge is 0.183 e. The van der Waals surface area contributed by atoms with Crippen LogP contribution in [-0.4, -0.2) is 19.9 Å². The summed E-state index contributed by atoms with van der Waals surface area (Å²) in [6, 6.07) is 1.75. The zero-order chi connectivity index (χ0) is 12.7. The monoisotopic (exact) mass is 244 g/mol. The summed E-state index contributed by atoms with van der Waals surface area (Å²) < 4.78 is 13.0. The molecule has 6 nitrogen and oxygen atoms in total. The summed E-state index contributed by atoms with van der Waals surface area (Å²) in [5, 5.41) is 0.765. The van der Waals surface area contributed by atoms with Crippen LogP contribution < -0.4 is 11.5 Å². The highest BCUT2D eigenvalue weighted by Gasteiger charge is 2.11. The van der Waals surface area contributed by atoms with Crippen molar-refractivity contribution >= 4 is 22.5 Å². The number of H-pyrrole nitrogens is 1. The summed E-state index contributed by atoms with van der Waals surface area (Å²) in [7, 11) is 0. The quantitative estimate of drug-likeness (QED) is 0.598. The maximum absolute atomic E-state index is 13.0. The second kappa shape index (κ2) is 3.66. The van der Waals surface area contributed by atoms with Gasteiger partial charge in [-0.3, -0.25) is 0 Å². The average Bonchev–Trinajstić information content (AvgIpc) is 2.75. The number of anilines is 2. The SMILES string of the molecule is Nc1cnc2[nH]cc(-c3ncc(F)c(N)n3)c2c1. The summed E-state index contributed by atoms with van der Waals surface area (Å²) in [6.07, 6.45) is 4.27. The summed E-state index contributed by atoms with van der Waals surface area (Å²) in [6.45, 7) is 0. The van der Waals surface area contributed by atoms with Crippen LogP contribution in [0.15, 0.2) is 24.7 Å². The number of pyridine rings is 1. The Morgan fingerprint density at radius 1 is 1.17 bits per heavy atom. The largest absolute Gasteiger partial charge is 0.397 e. The maximum atomic E-state index is 13.0. The number of nitrogens with two attached hydrogens (primary N) is 2. The van der Waals surface area contributed by atoms with E-state index >= 15 is 0 Å². The van der Waals surface area contributed by atoms with E-state index in [4.69, 9.17) is 11.5 Å². The third-order valence-corrected chi connectivity index (χ3v) is 2.56. The molecule has 0 saturated heterocycles. The fourth-order valence-corrected chi connectivity index (χ4v) is 1.71. The van der Waals surface area contributed by atoms with E-state index in [1.54, 1.807) is 18.5 Å². The molecule has 0 saturated carbocycles. The number of halogens is 1. The first-order valence-corrected chi connectivity index (χ1v) is 5.16. The Balaban J connectivity index is 2.24. The zero-order valence-electron chi connectivity index (χ0n) is 9.18. The summed E-state index contributed by atoms with van der Waals surface area (Å²) >= 11 is 0. The number of aromatic nitrogens is 4. The molecule has 0 atom stereocenters. The predicted octanol–water partition coefficient (Wildman–Crippen LogP) is 1.32. The van der Waals surface area contributed by atoms with E-state index in [0.29, 0.717) is 22.7 Å². The van der Waals surface area contributed by atoms with Gasteiger partial charge in [-0.05, 0) is 6.07 Å². The molecule has 0 aromatic carbocycles. The molecule has 0 unspecified atom stereocenters. The van der Waals surface area contributed by atoms with E-state index < -0.39 is 5.82 Å². The van der Waals surface area contributed by atoms with Gasteiger partial charge in [-0.1, -0.05) is 0 Å². The second-order valence-electron chi connectivity index (χ2n) is 3.79. The highest BCUT2D eigenvalue weighted by molar-refractivity contribution is 5.93. The van der Waals surface area contributed by atoms with Crippen molar-refractivity contribution in [3.05, 3.63) is 30.5 Å². The van der Waals surface area contributed by atoms with E-state index in [1.165, 1.54) is 0 Å². The molecule has 0 spiro atoms. The van der Waals surface area contributed by atoms with E-state index in [-0.39, 0.29) is 5.82 Å². The van der Waals surface area contributed by atoms with Gasteiger partial charge < -0.3 is 16.5 Å². The molecule has 3 heterocycles. The Hall–Kier alpha value is -2.70. The van der Waals surface area contributed by atoms with Crippen molar-refractivity contribution in [3.8, 4) is 11.4 Å². The first kappa shape index (κ1) is 10.5. The minimum Gasteiger partial charge on any atom is -0.397 e. The van der Waals surface area contributed by atoms with Gasteiger partial charge in [0, 0.05) is 17.1 Å². The van der Waals surface area contributed by atoms with Crippen LogP contribution in [-0.2, 0) is 0 Å². The highest BCUT2D eigenvalue weighted by atomic mass is 19.1. The normalized spacial score (nSPS) is 10.9. The van der Waals surface area contributed by atoms with E-state index in [0.717, 1.165) is 11.6 Å². The van der Waals surface area contributed by atoms with E-state index in [9.17, 15) is 4.39 Å². The summed E-state index contributed by atoms with van der Waals surface area (Å²) in [5.74, 6) is -0.505. The molecular weight excluding hydrogens is 235 g/mol. The first-order chi connectivity index (χ1) is 8.65. The van der Waals surface area contributed by atoms with Gasteiger partial charge in [-0.2, -0.15) is 0 Å². The minimum atomic E-state index is -0.642. The van der Waals surface area contributed by atoms with Crippen LogP contribution in [0.25, 0.3) is 22.4 Å². The molecular formula is C11H9FN6. The second-order valence-corrected chi connectivity index (χ2v) is 3.79. The lowest BCUT2D eigenvalue weighted by atomic mass is 10.2. The van der Waals surface area contributed by atoms with Crippen molar-refractivity contribution in [1.29, 1.82) is 0 Å². The molecule has 3 aromatic heterocycles. The molecule has 0 fully saturated rings. The number of nitrogens with one attached hydrogen (secondary N) is 1. The number of rotatable bonds is 1. The van der Waals surface area contributed by atoms with Crippen molar-refractivity contribution in [2.45, 2.75) is 0 Å². The molecule has 0 aliphatic heterocycles. The topological polar surface area (TPSA) is 106 Å². The lowest BCUT2D eigenvalue weighted by Gasteiger charge is -2.00. The first-order valence-electron chi connectivity index (χ1n) is 5.16. The van der Waals surface area contributed by atoms with Crippen LogP contribution in [0.5, 0.6) is 0 Å². The summed E-state index contributed by atoms with van der Waals surface area (Å²) in [4.78, 5) is 14.9. The van der Waals surface area contributed by atoms with Gasteiger partial charge in [0.05, 0.1) is 18.1 Å². The fourth-order valence-electron chi connectivity index (χ4n) is 1.71. The third kappa shape index (κ3) is 1.53. The van der Waals surface area contributed by atoms with Crippen LogP contribution in [0, 0.1) is 5.82 Å². The molecule has 0 aliphatic rings. The molecule has 3 rings (SSSR count). The van der Waals surface area contributed by atoms with Gasteiger partial charge in [-0.25, -0.2) is 19.3 Å². The van der Waals surface area contributed by atoms with Crippen LogP contribution in [0.4, 0.5) is 15.9 Å². The maximum Gasteiger partial charge on any atom is 0.183 e. The number of nitrogens with zero attached hydrogens (tertiary/aromatic N) is 3. The number of nitrogen functional groups attached to an aromatic ring is 2. The van der Waals surface area contributed by atoms with Crippen LogP contribution in [0.3, 0.4) is 0 Å². The zero-order valence-corrected chi connectivity index (χ0v) is 9.18. The Morgan fingerprint density at radius 3 is 2.78 bits per heavy atom. The fraction of sp³-hybridized carbons (Fsp3) is 0. The Labute approximate surface area is 101 Å². The number of hydrogen-bond donors (Lipinski definition) is 3. The molecule has 90 valence electrons. The van der Waals surface area contributed by atoms with Crippen molar-refractivity contribution in [1.82, 2.24) is 19.9 Å². The van der Waals surface area contributed by atoms with Crippen LogP contribution >= 0.6 is 0 Å². The van der Waals surface area contributed by atoms with Gasteiger partial charge >= 0.3 is 0 Å². The third-order valence-electron chi connectivity index (χ3n) is 2.56. The van der Waals surface area contributed by atoms with Gasteiger partial charge in [0.25, 0.3) is 0 Å².